The zero-order valence-electron chi connectivity index (χ0n) is 9.33. The monoisotopic (exact) mass is 240 g/mol. The van der Waals surface area contributed by atoms with Gasteiger partial charge in [0.05, 0.1) is 6.04 Å². The van der Waals surface area contributed by atoms with E-state index in [-0.39, 0.29) is 18.0 Å². The maximum absolute atomic E-state index is 13.4. The second kappa shape index (κ2) is 4.79. The van der Waals surface area contributed by atoms with Crippen LogP contribution in [0.5, 0.6) is 0 Å². The van der Waals surface area contributed by atoms with Gasteiger partial charge < -0.3 is 10.6 Å². The van der Waals surface area contributed by atoms with Gasteiger partial charge in [-0.1, -0.05) is 6.07 Å². The maximum atomic E-state index is 13.4. The lowest BCUT2D eigenvalue weighted by Crippen LogP contribution is -2.33. The first kappa shape index (κ1) is 12.0. The third kappa shape index (κ3) is 2.61. The van der Waals surface area contributed by atoms with Gasteiger partial charge in [0.25, 0.3) is 0 Å². The van der Waals surface area contributed by atoms with Crippen molar-refractivity contribution in [2.75, 3.05) is 13.1 Å². The Balaban J connectivity index is 2.08. The van der Waals surface area contributed by atoms with E-state index < -0.39 is 17.7 Å². The molecule has 1 aliphatic heterocycles. The topological polar surface area (TPSA) is 46.3 Å². The quantitative estimate of drug-likeness (QED) is 0.872. The highest BCUT2D eigenvalue weighted by Crippen LogP contribution is 2.19. The fraction of sp³-hybridized carbons (Fsp3) is 0.417. The second-order valence-electron chi connectivity index (χ2n) is 4.22. The number of amides is 1. The molecule has 1 saturated heterocycles. The summed E-state index contributed by atoms with van der Waals surface area (Å²) in [5.74, 6) is -1.25. The van der Waals surface area contributed by atoms with Crippen molar-refractivity contribution in [2.24, 2.45) is 5.73 Å². The van der Waals surface area contributed by atoms with Gasteiger partial charge in [0.1, 0.15) is 11.6 Å². The summed E-state index contributed by atoms with van der Waals surface area (Å²) in [5.41, 5.74) is 6.07. The standard InChI is InChI=1S/C12H14F2N2O/c13-8-3-4-9(10(14)6-8)11(15)7-16-5-1-2-12(16)17/h3-4,6,11H,1-2,5,7,15H2. The molecular weight excluding hydrogens is 226 g/mol. The first-order chi connectivity index (χ1) is 8.08. The average Bonchev–Trinajstić information content (AvgIpc) is 2.64. The van der Waals surface area contributed by atoms with E-state index in [2.05, 4.69) is 0 Å². The van der Waals surface area contributed by atoms with Crippen molar-refractivity contribution < 1.29 is 13.6 Å². The molecule has 1 aliphatic rings. The highest BCUT2D eigenvalue weighted by atomic mass is 19.1. The van der Waals surface area contributed by atoms with Gasteiger partial charge >= 0.3 is 0 Å². The van der Waals surface area contributed by atoms with E-state index in [1.807, 2.05) is 0 Å². The lowest BCUT2D eigenvalue weighted by Gasteiger charge is -2.21. The molecule has 0 radical (unpaired) electrons. The molecule has 3 nitrogen and oxygen atoms in total. The minimum atomic E-state index is -0.663. The normalized spacial score (nSPS) is 17.6. The minimum absolute atomic E-state index is 0.0444. The number of nitrogens with zero attached hydrogens (tertiary/aromatic N) is 1. The first-order valence-electron chi connectivity index (χ1n) is 5.56. The van der Waals surface area contributed by atoms with E-state index in [1.54, 1.807) is 4.90 Å². The molecule has 0 spiro atoms. The minimum Gasteiger partial charge on any atom is -0.341 e. The van der Waals surface area contributed by atoms with E-state index >= 15 is 0 Å². The lowest BCUT2D eigenvalue weighted by molar-refractivity contribution is -0.127. The molecule has 1 aromatic rings. The molecule has 1 atom stereocenters. The van der Waals surface area contributed by atoms with Crippen LogP contribution in [-0.4, -0.2) is 23.9 Å². The summed E-state index contributed by atoms with van der Waals surface area (Å²) in [6.07, 6.45) is 1.34. The van der Waals surface area contributed by atoms with Gasteiger partial charge in [0.15, 0.2) is 0 Å². The van der Waals surface area contributed by atoms with Gasteiger partial charge in [-0.15, -0.1) is 0 Å². The van der Waals surface area contributed by atoms with Crippen LogP contribution in [0, 0.1) is 11.6 Å². The molecule has 1 fully saturated rings. The number of rotatable bonds is 3. The van der Waals surface area contributed by atoms with E-state index in [9.17, 15) is 13.6 Å². The SMILES string of the molecule is NC(CN1CCCC1=O)c1ccc(F)cc1F. The van der Waals surface area contributed by atoms with Gasteiger partial charge in [-0.2, -0.15) is 0 Å². The fourth-order valence-corrected chi connectivity index (χ4v) is 2.04. The Labute approximate surface area is 98.2 Å². The highest BCUT2D eigenvalue weighted by molar-refractivity contribution is 5.78. The van der Waals surface area contributed by atoms with E-state index in [1.165, 1.54) is 12.1 Å². The number of hydrogen-bond acceptors (Lipinski definition) is 2. The molecule has 1 aromatic carbocycles. The van der Waals surface area contributed by atoms with Gasteiger partial charge in [0, 0.05) is 31.1 Å². The van der Waals surface area contributed by atoms with Crippen molar-refractivity contribution in [3.8, 4) is 0 Å². The van der Waals surface area contributed by atoms with Crippen LogP contribution >= 0.6 is 0 Å². The summed E-state index contributed by atoms with van der Waals surface area (Å²) in [5, 5.41) is 0. The maximum Gasteiger partial charge on any atom is 0.222 e. The Bertz CT molecular complexity index is 437. The molecule has 1 heterocycles. The van der Waals surface area contributed by atoms with Crippen LogP contribution in [0.25, 0.3) is 0 Å². The molecule has 0 saturated carbocycles. The molecule has 1 unspecified atom stereocenters. The molecular formula is C12H14F2N2O. The Kier molecular flexibility index (Phi) is 3.38. The molecule has 2 N–H and O–H groups in total. The number of benzene rings is 1. The van der Waals surface area contributed by atoms with Crippen molar-refractivity contribution in [3.05, 3.63) is 35.4 Å². The molecule has 1 amide bonds. The Morgan fingerprint density at radius 2 is 2.18 bits per heavy atom. The summed E-state index contributed by atoms with van der Waals surface area (Å²) in [6.45, 7) is 0.941. The third-order valence-corrected chi connectivity index (χ3v) is 2.95. The van der Waals surface area contributed by atoms with Gasteiger partial charge in [-0.3, -0.25) is 4.79 Å². The zero-order valence-corrected chi connectivity index (χ0v) is 9.33. The van der Waals surface area contributed by atoms with Crippen LogP contribution in [0.4, 0.5) is 8.78 Å². The summed E-state index contributed by atoms with van der Waals surface area (Å²) in [4.78, 5) is 13.0. The van der Waals surface area contributed by atoms with E-state index in [0.29, 0.717) is 13.0 Å². The molecule has 5 heteroatoms. The van der Waals surface area contributed by atoms with Crippen molar-refractivity contribution in [2.45, 2.75) is 18.9 Å². The first-order valence-corrected chi connectivity index (χ1v) is 5.56. The molecule has 92 valence electrons. The third-order valence-electron chi connectivity index (χ3n) is 2.95. The number of hydrogen-bond donors (Lipinski definition) is 1. The largest absolute Gasteiger partial charge is 0.341 e. The molecule has 0 aromatic heterocycles. The summed E-state index contributed by atoms with van der Waals surface area (Å²) < 4.78 is 26.2. The average molecular weight is 240 g/mol. The van der Waals surface area contributed by atoms with E-state index in [4.69, 9.17) is 5.73 Å². The molecule has 2 rings (SSSR count). The molecule has 17 heavy (non-hydrogen) atoms. The smallest absolute Gasteiger partial charge is 0.222 e. The van der Waals surface area contributed by atoms with Crippen LogP contribution in [-0.2, 0) is 4.79 Å². The van der Waals surface area contributed by atoms with Crippen LogP contribution in [0.3, 0.4) is 0 Å². The highest BCUT2D eigenvalue weighted by Gasteiger charge is 2.23. The Morgan fingerprint density at radius 1 is 1.41 bits per heavy atom. The van der Waals surface area contributed by atoms with Crippen LogP contribution < -0.4 is 5.73 Å². The molecule has 0 bridgehead atoms. The van der Waals surface area contributed by atoms with Gasteiger partial charge in [-0.25, -0.2) is 8.78 Å². The number of halogens is 2. The summed E-state index contributed by atoms with van der Waals surface area (Å²) in [7, 11) is 0. The van der Waals surface area contributed by atoms with Crippen LogP contribution in [0.15, 0.2) is 18.2 Å². The Hall–Kier alpha value is -1.49. The number of likely N-dealkylation sites (tertiary alicyclic amines) is 1. The number of nitrogens with two attached hydrogens (primary N) is 1. The number of carbonyl (C=O) groups is 1. The van der Waals surface area contributed by atoms with Gasteiger partial charge in [0.2, 0.25) is 5.91 Å². The van der Waals surface area contributed by atoms with Crippen molar-refractivity contribution in [3.63, 3.8) is 0 Å². The fourth-order valence-electron chi connectivity index (χ4n) is 2.04. The summed E-state index contributed by atoms with van der Waals surface area (Å²) in [6, 6.07) is 2.69. The second-order valence-corrected chi connectivity index (χ2v) is 4.22. The van der Waals surface area contributed by atoms with Crippen molar-refractivity contribution in [1.29, 1.82) is 0 Å². The van der Waals surface area contributed by atoms with Crippen LogP contribution in [0.1, 0.15) is 24.4 Å². The van der Waals surface area contributed by atoms with E-state index in [0.717, 1.165) is 12.5 Å². The predicted molar refractivity (Wildman–Crippen MR) is 59.1 cm³/mol. The van der Waals surface area contributed by atoms with Crippen molar-refractivity contribution >= 4 is 5.91 Å². The van der Waals surface area contributed by atoms with Gasteiger partial charge in [-0.05, 0) is 12.5 Å². The number of carbonyl (C=O) groups excluding carboxylic acids is 1. The predicted octanol–water partition coefficient (Wildman–Crippen LogP) is 1.59. The lowest BCUT2D eigenvalue weighted by atomic mass is 10.1. The summed E-state index contributed by atoms with van der Waals surface area (Å²) >= 11 is 0. The van der Waals surface area contributed by atoms with Crippen molar-refractivity contribution in [1.82, 2.24) is 4.90 Å². The van der Waals surface area contributed by atoms with Crippen LogP contribution in [0.2, 0.25) is 0 Å². The zero-order chi connectivity index (χ0) is 12.4. The molecule has 0 aliphatic carbocycles. The Morgan fingerprint density at radius 3 is 2.76 bits per heavy atom.